The zero-order valence-electron chi connectivity index (χ0n) is 14.7. The number of carbonyl (C=O) groups excluding carboxylic acids is 2. The van der Waals surface area contributed by atoms with Crippen molar-refractivity contribution >= 4 is 17.5 Å². The summed E-state index contributed by atoms with van der Waals surface area (Å²) in [6, 6.07) is 15.9. The van der Waals surface area contributed by atoms with E-state index in [9.17, 15) is 9.59 Å². The van der Waals surface area contributed by atoms with Crippen molar-refractivity contribution in [1.29, 1.82) is 0 Å². The van der Waals surface area contributed by atoms with Crippen LogP contribution in [0.2, 0.25) is 0 Å². The molecule has 2 aromatic carbocycles. The van der Waals surface area contributed by atoms with Crippen LogP contribution in [0.5, 0.6) is 0 Å². The van der Waals surface area contributed by atoms with E-state index >= 15 is 0 Å². The van der Waals surface area contributed by atoms with Gasteiger partial charge in [0.25, 0.3) is 11.8 Å². The Kier molecular flexibility index (Phi) is 5.17. The summed E-state index contributed by atoms with van der Waals surface area (Å²) in [4.78, 5) is 24.8. The van der Waals surface area contributed by atoms with Gasteiger partial charge in [0, 0.05) is 16.8 Å². The fraction of sp³-hybridized carbons (Fsp3) is 0.143. The van der Waals surface area contributed by atoms with Crippen LogP contribution in [0, 0.1) is 13.8 Å². The van der Waals surface area contributed by atoms with Crippen molar-refractivity contribution in [2.45, 2.75) is 20.4 Å². The van der Waals surface area contributed by atoms with Crippen LogP contribution < -0.4 is 10.6 Å². The second-order valence-electron chi connectivity index (χ2n) is 6.04. The fourth-order valence-corrected chi connectivity index (χ4v) is 2.57. The van der Waals surface area contributed by atoms with Gasteiger partial charge in [-0.1, -0.05) is 18.2 Å². The summed E-state index contributed by atoms with van der Waals surface area (Å²) in [5, 5.41) is 5.67. The monoisotopic (exact) mass is 348 g/mol. The number of hydrogen-bond acceptors (Lipinski definition) is 3. The maximum atomic E-state index is 12.5. The normalized spacial score (nSPS) is 10.4. The highest BCUT2D eigenvalue weighted by Gasteiger charge is 2.12. The highest BCUT2D eigenvalue weighted by Crippen LogP contribution is 2.19. The maximum absolute atomic E-state index is 12.5. The zero-order valence-corrected chi connectivity index (χ0v) is 14.7. The van der Waals surface area contributed by atoms with Gasteiger partial charge in [-0.3, -0.25) is 9.59 Å². The van der Waals surface area contributed by atoms with E-state index in [1.807, 2.05) is 32.0 Å². The van der Waals surface area contributed by atoms with Crippen molar-refractivity contribution in [3.63, 3.8) is 0 Å². The standard InChI is InChI=1S/C21H20N2O3/c1-14-6-3-10-19(15(14)2)23-21(25)17-8-4-7-16(12-17)20(24)22-13-18-9-5-11-26-18/h3-12H,13H2,1-2H3,(H,22,24)(H,23,25). The Morgan fingerprint density at radius 2 is 1.65 bits per heavy atom. The molecule has 0 saturated carbocycles. The van der Waals surface area contributed by atoms with Gasteiger partial charge < -0.3 is 15.1 Å². The number of furan rings is 1. The van der Waals surface area contributed by atoms with Gasteiger partial charge in [0.05, 0.1) is 12.8 Å². The first-order valence-corrected chi connectivity index (χ1v) is 8.33. The zero-order chi connectivity index (χ0) is 18.5. The predicted octanol–water partition coefficient (Wildman–Crippen LogP) is 4.08. The fourth-order valence-electron chi connectivity index (χ4n) is 2.57. The third-order valence-electron chi connectivity index (χ3n) is 4.24. The minimum absolute atomic E-state index is 0.251. The van der Waals surface area contributed by atoms with Crippen molar-refractivity contribution in [3.8, 4) is 0 Å². The molecule has 2 N–H and O–H groups in total. The summed E-state index contributed by atoms with van der Waals surface area (Å²) in [6.07, 6.45) is 1.56. The summed E-state index contributed by atoms with van der Waals surface area (Å²) < 4.78 is 5.19. The molecule has 0 aliphatic heterocycles. The summed E-state index contributed by atoms with van der Waals surface area (Å²) in [7, 11) is 0. The molecule has 26 heavy (non-hydrogen) atoms. The molecule has 0 atom stereocenters. The molecular weight excluding hydrogens is 328 g/mol. The molecule has 1 aromatic heterocycles. The van der Waals surface area contributed by atoms with Crippen molar-refractivity contribution < 1.29 is 14.0 Å². The highest BCUT2D eigenvalue weighted by molar-refractivity contribution is 6.06. The number of anilines is 1. The second-order valence-corrected chi connectivity index (χ2v) is 6.04. The van der Waals surface area contributed by atoms with Gasteiger partial charge in [0.1, 0.15) is 5.76 Å². The first-order valence-electron chi connectivity index (χ1n) is 8.33. The molecule has 132 valence electrons. The first kappa shape index (κ1) is 17.5. The van der Waals surface area contributed by atoms with Crippen molar-refractivity contribution in [2.75, 3.05) is 5.32 Å². The molecule has 5 nitrogen and oxygen atoms in total. The maximum Gasteiger partial charge on any atom is 0.255 e. The van der Waals surface area contributed by atoms with E-state index in [2.05, 4.69) is 10.6 Å². The molecule has 0 saturated heterocycles. The number of amides is 2. The van der Waals surface area contributed by atoms with Crippen molar-refractivity contribution in [3.05, 3.63) is 88.9 Å². The number of carbonyl (C=O) groups is 2. The molecule has 2 amide bonds. The summed E-state index contributed by atoms with van der Waals surface area (Å²) in [5.41, 5.74) is 3.74. The van der Waals surface area contributed by atoms with Crippen LogP contribution in [0.15, 0.2) is 65.3 Å². The molecule has 3 aromatic rings. The Morgan fingerprint density at radius 1 is 0.923 bits per heavy atom. The smallest absolute Gasteiger partial charge is 0.255 e. The van der Waals surface area contributed by atoms with Gasteiger partial charge in [-0.05, 0) is 61.4 Å². The summed E-state index contributed by atoms with van der Waals surface area (Å²) in [6.45, 7) is 4.25. The summed E-state index contributed by atoms with van der Waals surface area (Å²) >= 11 is 0. The molecule has 0 fully saturated rings. The van der Waals surface area contributed by atoms with E-state index in [1.54, 1.807) is 42.7 Å². The number of nitrogens with one attached hydrogen (secondary N) is 2. The topological polar surface area (TPSA) is 71.3 Å². The Hall–Kier alpha value is -3.34. The number of aryl methyl sites for hydroxylation is 1. The van der Waals surface area contributed by atoms with Crippen molar-refractivity contribution in [1.82, 2.24) is 5.32 Å². The van der Waals surface area contributed by atoms with Crippen LogP contribution >= 0.6 is 0 Å². The van der Waals surface area contributed by atoms with E-state index in [1.165, 1.54) is 0 Å². The van der Waals surface area contributed by atoms with Gasteiger partial charge >= 0.3 is 0 Å². The van der Waals surface area contributed by atoms with E-state index in [0.717, 1.165) is 16.8 Å². The molecule has 3 rings (SSSR count). The van der Waals surface area contributed by atoms with Gasteiger partial charge in [-0.25, -0.2) is 0 Å². The molecule has 0 bridgehead atoms. The Labute approximate surface area is 152 Å². The lowest BCUT2D eigenvalue weighted by Gasteiger charge is -2.11. The quantitative estimate of drug-likeness (QED) is 0.730. The second kappa shape index (κ2) is 7.70. The molecule has 0 unspecified atom stereocenters. The first-order chi connectivity index (χ1) is 12.5. The minimum Gasteiger partial charge on any atom is -0.467 e. The molecule has 0 aliphatic carbocycles. The molecule has 0 spiro atoms. The average molecular weight is 348 g/mol. The van der Waals surface area contributed by atoms with Crippen LogP contribution in [-0.2, 0) is 6.54 Å². The number of hydrogen-bond donors (Lipinski definition) is 2. The Morgan fingerprint density at radius 3 is 2.38 bits per heavy atom. The summed E-state index contributed by atoms with van der Waals surface area (Å²) in [5.74, 6) is 0.157. The third-order valence-corrected chi connectivity index (χ3v) is 4.24. The van der Waals surface area contributed by atoms with Crippen molar-refractivity contribution in [2.24, 2.45) is 0 Å². The van der Waals surface area contributed by atoms with Crippen LogP contribution in [0.1, 0.15) is 37.6 Å². The highest BCUT2D eigenvalue weighted by atomic mass is 16.3. The molecule has 1 heterocycles. The molecule has 0 aliphatic rings. The lowest BCUT2D eigenvalue weighted by atomic mass is 10.1. The molecule has 0 radical (unpaired) electrons. The van der Waals surface area contributed by atoms with Crippen LogP contribution in [0.4, 0.5) is 5.69 Å². The largest absolute Gasteiger partial charge is 0.467 e. The van der Waals surface area contributed by atoms with Gasteiger partial charge in [0.15, 0.2) is 0 Å². The van der Waals surface area contributed by atoms with Crippen LogP contribution in [0.25, 0.3) is 0 Å². The predicted molar refractivity (Wildman–Crippen MR) is 100 cm³/mol. The minimum atomic E-state index is -0.261. The molecule has 5 heteroatoms. The Bertz CT molecular complexity index is 930. The van der Waals surface area contributed by atoms with Gasteiger partial charge in [-0.15, -0.1) is 0 Å². The average Bonchev–Trinajstić information content (AvgIpc) is 3.17. The SMILES string of the molecule is Cc1cccc(NC(=O)c2cccc(C(=O)NCc3ccco3)c2)c1C. The van der Waals surface area contributed by atoms with Gasteiger partial charge in [0.2, 0.25) is 0 Å². The van der Waals surface area contributed by atoms with Crippen LogP contribution in [0.3, 0.4) is 0 Å². The van der Waals surface area contributed by atoms with E-state index in [4.69, 9.17) is 4.42 Å². The third kappa shape index (κ3) is 4.00. The van der Waals surface area contributed by atoms with E-state index < -0.39 is 0 Å². The molecular formula is C21H20N2O3. The van der Waals surface area contributed by atoms with E-state index in [0.29, 0.717) is 23.4 Å². The number of benzene rings is 2. The van der Waals surface area contributed by atoms with E-state index in [-0.39, 0.29) is 11.8 Å². The lowest BCUT2D eigenvalue weighted by Crippen LogP contribution is -2.23. The van der Waals surface area contributed by atoms with Crippen LogP contribution in [-0.4, -0.2) is 11.8 Å². The van der Waals surface area contributed by atoms with Gasteiger partial charge in [-0.2, -0.15) is 0 Å². The Balaban J connectivity index is 1.70. The lowest BCUT2D eigenvalue weighted by molar-refractivity contribution is 0.0948. The number of rotatable bonds is 5.